The van der Waals surface area contributed by atoms with Crippen molar-refractivity contribution >= 4 is 36.7 Å². The summed E-state index contributed by atoms with van der Waals surface area (Å²) in [6, 6.07) is 1.85. The van der Waals surface area contributed by atoms with Crippen LogP contribution in [-0.4, -0.2) is 20.8 Å². The molecule has 0 spiro atoms. The summed E-state index contributed by atoms with van der Waals surface area (Å²) in [4.78, 5) is 12.1. The summed E-state index contributed by atoms with van der Waals surface area (Å²) in [7, 11) is 0. The Morgan fingerprint density at radius 1 is 1.75 bits per heavy atom. The Morgan fingerprint density at radius 2 is 2.50 bits per heavy atom. The van der Waals surface area contributed by atoms with E-state index in [1.54, 1.807) is 0 Å². The van der Waals surface area contributed by atoms with E-state index in [9.17, 15) is 4.79 Å². The maximum absolute atomic E-state index is 10.0. The van der Waals surface area contributed by atoms with Crippen molar-refractivity contribution in [3.63, 3.8) is 0 Å². The van der Waals surface area contributed by atoms with Gasteiger partial charge in [0.05, 0.1) is 0 Å². The zero-order chi connectivity index (χ0) is 5.98. The second-order valence-electron chi connectivity index (χ2n) is 1.29. The van der Waals surface area contributed by atoms with Crippen LogP contribution in [0, 0.1) is 0 Å². The first-order valence-corrected chi connectivity index (χ1v) is 4.66. The van der Waals surface area contributed by atoms with Crippen LogP contribution in [0.4, 0.5) is 0 Å². The van der Waals surface area contributed by atoms with Gasteiger partial charge < -0.3 is 0 Å². The van der Waals surface area contributed by atoms with Gasteiger partial charge in [-0.3, -0.25) is 0 Å². The number of carbonyl (C=O) groups is 1. The Morgan fingerprint density at radius 3 is 2.75 bits per heavy atom. The Labute approximate surface area is 61.6 Å². The van der Waals surface area contributed by atoms with E-state index in [1.165, 1.54) is 0 Å². The topological polar surface area (TPSA) is 17.1 Å². The molecule has 1 heterocycles. The summed E-state index contributed by atoms with van der Waals surface area (Å²) >= 11 is 3.55. The Hall–Kier alpha value is 0.149. The van der Waals surface area contributed by atoms with Gasteiger partial charge in [0.2, 0.25) is 0 Å². The second kappa shape index (κ2) is 2.62. The molecule has 0 unspecified atom stereocenters. The third kappa shape index (κ3) is 1.31. The van der Waals surface area contributed by atoms with Gasteiger partial charge in [-0.15, -0.1) is 0 Å². The van der Waals surface area contributed by atoms with Crippen molar-refractivity contribution in [3.05, 3.63) is 19.9 Å². The quantitative estimate of drug-likeness (QED) is 0.532. The fourth-order valence-corrected chi connectivity index (χ4v) is 2.65. The Kier molecular flexibility index (Phi) is 2.06. The molecule has 0 aromatic carbocycles. The van der Waals surface area contributed by atoms with Gasteiger partial charge in [0.1, 0.15) is 0 Å². The van der Waals surface area contributed by atoms with Crippen LogP contribution in [-0.2, 0) is 0 Å². The molecule has 0 radical (unpaired) electrons. The van der Waals surface area contributed by atoms with Crippen LogP contribution in [0.3, 0.4) is 0 Å². The fourth-order valence-electron chi connectivity index (χ4n) is 0.390. The van der Waals surface area contributed by atoms with Gasteiger partial charge in [-0.1, -0.05) is 0 Å². The summed E-state index contributed by atoms with van der Waals surface area (Å²) in [6.07, 6.45) is 0.907. The van der Waals surface area contributed by atoms with Gasteiger partial charge >= 0.3 is 61.4 Å². The van der Waals surface area contributed by atoms with Gasteiger partial charge in [-0.05, 0) is 0 Å². The molecule has 8 heavy (non-hydrogen) atoms. The number of halogens is 1. The van der Waals surface area contributed by atoms with E-state index in [2.05, 4.69) is 15.9 Å². The molecule has 0 atom stereocenters. The SMILES string of the molecule is O=Cc1cc(Br)c[se]1. The first kappa shape index (κ1) is 6.27. The summed E-state index contributed by atoms with van der Waals surface area (Å²) in [5.74, 6) is 0. The predicted molar refractivity (Wildman–Crippen MR) is 36.5 cm³/mol. The monoisotopic (exact) mass is 238 g/mol. The Bertz CT molecular complexity index is 194. The van der Waals surface area contributed by atoms with E-state index in [-0.39, 0.29) is 0 Å². The van der Waals surface area contributed by atoms with E-state index < -0.39 is 0 Å². The van der Waals surface area contributed by atoms with Crippen LogP contribution >= 0.6 is 15.9 Å². The molecular formula is C5H3BrOSe. The van der Waals surface area contributed by atoms with E-state index in [1.807, 2.05) is 11.0 Å². The van der Waals surface area contributed by atoms with Crippen LogP contribution < -0.4 is 0 Å². The number of rotatable bonds is 1. The summed E-state index contributed by atoms with van der Waals surface area (Å²) in [5, 5.41) is 0. The Balaban J connectivity index is 3.00. The van der Waals surface area contributed by atoms with Crippen molar-refractivity contribution in [3.8, 4) is 0 Å². The molecule has 0 amide bonds. The average molecular weight is 238 g/mol. The zero-order valence-electron chi connectivity index (χ0n) is 3.93. The van der Waals surface area contributed by atoms with Crippen LogP contribution in [0.2, 0.25) is 0 Å². The van der Waals surface area contributed by atoms with Crippen LogP contribution in [0.15, 0.2) is 15.5 Å². The van der Waals surface area contributed by atoms with E-state index >= 15 is 0 Å². The van der Waals surface area contributed by atoms with Crippen molar-refractivity contribution in [2.24, 2.45) is 0 Å². The van der Waals surface area contributed by atoms with Crippen LogP contribution in [0.25, 0.3) is 0 Å². The third-order valence-electron chi connectivity index (χ3n) is 0.704. The average Bonchev–Trinajstić information content (AvgIpc) is 2.14. The van der Waals surface area contributed by atoms with Crippen molar-refractivity contribution in [2.45, 2.75) is 0 Å². The van der Waals surface area contributed by atoms with Crippen molar-refractivity contribution < 1.29 is 4.79 Å². The summed E-state index contributed by atoms with van der Waals surface area (Å²) in [5.41, 5.74) is 0. The molecule has 1 aromatic rings. The minimum atomic E-state index is 0.292. The summed E-state index contributed by atoms with van der Waals surface area (Å²) < 4.78 is 1.95. The molecule has 42 valence electrons. The third-order valence-corrected chi connectivity index (χ3v) is 3.64. The van der Waals surface area contributed by atoms with Gasteiger partial charge in [0.15, 0.2) is 0 Å². The molecule has 3 heteroatoms. The normalized spacial score (nSPS) is 9.12. The molecule has 1 rings (SSSR count). The zero-order valence-corrected chi connectivity index (χ0v) is 7.23. The molecular weight excluding hydrogens is 235 g/mol. The number of aldehydes is 1. The van der Waals surface area contributed by atoms with Gasteiger partial charge in [-0.25, -0.2) is 0 Å². The number of carbonyl (C=O) groups excluding carboxylic acids is 1. The second-order valence-corrected chi connectivity index (χ2v) is 4.18. The molecule has 0 fully saturated rings. The molecule has 0 aliphatic heterocycles. The first-order chi connectivity index (χ1) is 3.83. The molecule has 1 aromatic heterocycles. The standard InChI is InChI=1S/C5H3BrOSe/c6-4-1-5(2-7)8-3-4/h1-3H. The molecule has 0 saturated heterocycles. The van der Waals surface area contributed by atoms with E-state index in [0.29, 0.717) is 14.5 Å². The molecule has 0 bridgehead atoms. The van der Waals surface area contributed by atoms with Crippen molar-refractivity contribution in [2.75, 3.05) is 0 Å². The molecule has 0 saturated carbocycles. The van der Waals surface area contributed by atoms with Crippen LogP contribution in [0.1, 0.15) is 9.23 Å². The van der Waals surface area contributed by atoms with Gasteiger partial charge in [0.25, 0.3) is 0 Å². The molecule has 1 nitrogen and oxygen atoms in total. The van der Waals surface area contributed by atoms with E-state index in [4.69, 9.17) is 0 Å². The minimum absolute atomic E-state index is 0.292. The molecule has 0 aliphatic rings. The summed E-state index contributed by atoms with van der Waals surface area (Å²) in [6.45, 7) is 0. The molecule has 0 N–H and O–H groups in total. The first-order valence-electron chi connectivity index (χ1n) is 2.02. The van der Waals surface area contributed by atoms with Crippen molar-refractivity contribution in [1.82, 2.24) is 0 Å². The maximum atomic E-state index is 10.0. The van der Waals surface area contributed by atoms with Gasteiger partial charge in [0, 0.05) is 0 Å². The molecule has 0 aliphatic carbocycles. The van der Waals surface area contributed by atoms with Crippen molar-refractivity contribution in [1.29, 1.82) is 0 Å². The predicted octanol–water partition coefficient (Wildman–Crippen LogP) is 1.32. The fraction of sp³-hybridized carbons (Fsp3) is 0. The van der Waals surface area contributed by atoms with Crippen LogP contribution in [0.5, 0.6) is 0 Å². The number of hydrogen-bond donors (Lipinski definition) is 0. The van der Waals surface area contributed by atoms with E-state index in [0.717, 1.165) is 15.2 Å². The van der Waals surface area contributed by atoms with Gasteiger partial charge in [-0.2, -0.15) is 0 Å². The number of hydrogen-bond acceptors (Lipinski definition) is 1.